The molecule has 10 nitrogen and oxygen atoms in total. The van der Waals surface area contributed by atoms with E-state index in [1.807, 2.05) is 6.07 Å². The molecule has 0 aromatic heterocycles. The topological polar surface area (TPSA) is 152 Å². The van der Waals surface area contributed by atoms with Crippen LogP contribution in [0, 0.1) is 0 Å². The monoisotopic (exact) mass is 408 g/mol. The number of carbonyl (C=O) groups is 3. The number of aliphatic imine (C=N–C) groups is 1. The highest BCUT2D eigenvalue weighted by Crippen LogP contribution is 2.06. The molecule has 0 spiro atoms. The lowest BCUT2D eigenvalue weighted by Gasteiger charge is -2.19. The van der Waals surface area contributed by atoms with Gasteiger partial charge in [-0.2, -0.15) is 0 Å². The van der Waals surface area contributed by atoms with E-state index in [1.165, 1.54) is 0 Å². The van der Waals surface area contributed by atoms with Crippen molar-refractivity contribution in [3.63, 3.8) is 0 Å². The second kappa shape index (κ2) is 11.5. The molecule has 1 rings (SSSR count). The number of benzene rings is 1. The molecule has 0 radical (unpaired) electrons. The van der Waals surface area contributed by atoms with Crippen LogP contribution in [0.4, 0.5) is 9.59 Å². The number of carboxylic acids is 1. The van der Waals surface area contributed by atoms with Crippen molar-refractivity contribution in [2.75, 3.05) is 6.54 Å². The summed E-state index contributed by atoms with van der Waals surface area (Å²) in [4.78, 5) is 38.6. The molecule has 10 heteroatoms. The van der Waals surface area contributed by atoms with Gasteiger partial charge in [-0.1, -0.05) is 30.3 Å². The SMILES string of the molecule is CC(C)(C)OC(=O)NC(N)=NCCC[C@H](NC(=O)OCc1ccccc1)C(=O)O. The summed E-state index contributed by atoms with van der Waals surface area (Å²) in [5, 5.41) is 13.8. The second-order valence-electron chi connectivity index (χ2n) is 7.13. The van der Waals surface area contributed by atoms with Crippen molar-refractivity contribution < 1.29 is 29.0 Å². The van der Waals surface area contributed by atoms with Gasteiger partial charge in [0.15, 0.2) is 5.96 Å². The second-order valence-corrected chi connectivity index (χ2v) is 7.13. The van der Waals surface area contributed by atoms with Crippen LogP contribution in [0.3, 0.4) is 0 Å². The van der Waals surface area contributed by atoms with Crippen LogP contribution in [0.15, 0.2) is 35.3 Å². The number of hydrogen-bond acceptors (Lipinski definition) is 6. The van der Waals surface area contributed by atoms with E-state index in [9.17, 15) is 19.5 Å². The van der Waals surface area contributed by atoms with E-state index in [0.29, 0.717) is 6.42 Å². The summed E-state index contributed by atoms with van der Waals surface area (Å²) in [5.74, 6) is -1.33. The molecular formula is C19H28N4O6. The fourth-order valence-corrected chi connectivity index (χ4v) is 2.11. The lowest BCUT2D eigenvalue weighted by atomic mass is 10.1. The third-order valence-corrected chi connectivity index (χ3v) is 3.37. The Kier molecular flexibility index (Phi) is 9.43. The smallest absolute Gasteiger partial charge is 0.414 e. The summed E-state index contributed by atoms with van der Waals surface area (Å²) in [5.41, 5.74) is 5.70. The molecule has 0 fully saturated rings. The van der Waals surface area contributed by atoms with Gasteiger partial charge in [-0.3, -0.25) is 10.3 Å². The maximum absolute atomic E-state index is 11.8. The molecule has 29 heavy (non-hydrogen) atoms. The Bertz CT molecular complexity index is 715. The van der Waals surface area contributed by atoms with Gasteiger partial charge in [0.2, 0.25) is 0 Å². The summed E-state index contributed by atoms with van der Waals surface area (Å²) < 4.78 is 10.0. The lowest BCUT2D eigenvalue weighted by molar-refractivity contribution is -0.139. The zero-order valence-electron chi connectivity index (χ0n) is 16.8. The summed E-state index contributed by atoms with van der Waals surface area (Å²) in [6.07, 6.45) is -1.13. The molecule has 0 saturated carbocycles. The van der Waals surface area contributed by atoms with Crippen molar-refractivity contribution >= 4 is 24.1 Å². The van der Waals surface area contributed by atoms with Gasteiger partial charge in [-0.25, -0.2) is 14.4 Å². The molecule has 1 aromatic rings. The fourth-order valence-electron chi connectivity index (χ4n) is 2.11. The molecule has 2 amide bonds. The lowest BCUT2D eigenvalue weighted by Crippen LogP contribution is -2.41. The maximum Gasteiger partial charge on any atom is 0.414 e. The van der Waals surface area contributed by atoms with E-state index in [0.717, 1.165) is 5.56 Å². The van der Waals surface area contributed by atoms with Gasteiger partial charge in [0.1, 0.15) is 18.2 Å². The molecule has 0 heterocycles. The number of carbonyl (C=O) groups excluding carboxylic acids is 2. The first-order valence-electron chi connectivity index (χ1n) is 9.07. The van der Waals surface area contributed by atoms with E-state index < -0.39 is 29.8 Å². The minimum Gasteiger partial charge on any atom is -0.480 e. The number of carboxylic acid groups (broad SMARTS) is 1. The number of aliphatic carboxylic acids is 1. The first kappa shape index (κ1) is 23.7. The number of ether oxygens (including phenoxy) is 2. The summed E-state index contributed by atoms with van der Waals surface area (Å²) in [6.45, 7) is 5.33. The molecule has 5 N–H and O–H groups in total. The standard InChI is InChI=1S/C19H28N4O6/c1-19(2,3)29-18(27)23-16(20)21-11-7-10-14(15(24)25)22-17(26)28-12-13-8-5-4-6-9-13/h4-6,8-9,14H,7,10-12H2,1-3H3,(H,22,26)(H,24,25)(H3,20,21,23,27)/t14-/m0/s1. The highest BCUT2D eigenvalue weighted by Gasteiger charge is 2.20. The van der Waals surface area contributed by atoms with Gasteiger partial charge < -0.3 is 25.6 Å². The van der Waals surface area contributed by atoms with Crippen LogP contribution in [0.1, 0.15) is 39.2 Å². The van der Waals surface area contributed by atoms with E-state index in [-0.39, 0.29) is 25.5 Å². The summed E-state index contributed by atoms with van der Waals surface area (Å²) in [6, 6.07) is 7.89. The molecular weight excluding hydrogens is 380 g/mol. The Morgan fingerprint density at radius 1 is 1.17 bits per heavy atom. The first-order chi connectivity index (χ1) is 13.6. The first-order valence-corrected chi connectivity index (χ1v) is 9.07. The zero-order chi connectivity index (χ0) is 21.9. The van der Waals surface area contributed by atoms with Crippen LogP contribution in [0.5, 0.6) is 0 Å². The van der Waals surface area contributed by atoms with Crippen molar-refractivity contribution in [1.82, 2.24) is 10.6 Å². The molecule has 1 aromatic carbocycles. The number of nitrogens with two attached hydrogens (primary N) is 1. The predicted octanol–water partition coefficient (Wildman–Crippen LogP) is 1.99. The maximum atomic E-state index is 11.8. The molecule has 0 bridgehead atoms. The quantitative estimate of drug-likeness (QED) is 0.291. The van der Waals surface area contributed by atoms with E-state index in [2.05, 4.69) is 15.6 Å². The van der Waals surface area contributed by atoms with Gasteiger partial charge in [-0.05, 0) is 39.2 Å². The minimum absolute atomic E-state index is 0.0379. The Morgan fingerprint density at radius 2 is 1.83 bits per heavy atom. The van der Waals surface area contributed by atoms with Crippen LogP contribution >= 0.6 is 0 Å². The minimum atomic E-state index is -1.19. The van der Waals surface area contributed by atoms with Gasteiger partial charge in [0, 0.05) is 6.54 Å². The van der Waals surface area contributed by atoms with E-state index in [1.54, 1.807) is 45.0 Å². The average molecular weight is 408 g/mol. The Labute approximate surface area is 169 Å². The third kappa shape index (κ3) is 11.2. The summed E-state index contributed by atoms with van der Waals surface area (Å²) >= 11 is 0. The van der Waals surface area contributed by atoms with Crippen LogP contribution in [0.25, 0.3) is 0 Å². The van der Waals surface area contributed by atoms with Crippen LogP contribution < -0.4 is 16.4 Å². The number of rotatable bonds is 8. The summed E-state index contributed by atoms with van der Waals surface area (Å²) in [7, 11) is 0. The molecule has 0 saturated heterocycles. The number of amides is 2. The van der Waals surface area contributed by atoms with E-state index >= 15 is 0 Å². The highest BCUT2D eigenvalue weighted by atomic mass is 16.6. The Balaban J connectivity index is 2.37. The highest BCUT2D eigenvalue weighted by molar-refractivity contribution is 5.92. The molecule has 160 valence electrons. The van der Waals surface area contributed by atoms with Gasteiger partial charge in [0.05, 0.1) is 0 Å². The van der Waals surface area contributed by atoms with Gasteiger partial charge in [0.25, 0.3) is 0 Å². The molecule has 1 atom stereocenters. The van der Waals surface area contributed by atoms with Crippen molar-refractivity contribution in [3.8, 4) is 0 Å². The number of hydrogen-bond donors (Lipinski definition) is 4. The van der Waals surface area contributed by atoms with Crippen LogP contribution in [0.2, 0.25) is 0 Å². The van der Waals surface area contributed by atoms with Crippen molar-refractivity contribution in [3.05, 3.63) is 35.9 Å². The Hall–Kier alpha value is -3.30. The van der Waals surface area contributed by atoms with Gasteiger partial charge in [-0.15, -0.1) is 0 Å². The average Bonchev–Trinajstić information content (AvgIpc) is 2.61. The van der Waals surface area contributed by atoms with Crippen LogP contribution in [-0.4, -0.2) is 47.4 Å². The normalized spacial score (nSPS) is 12.6. The number of alkyl carbamates (subject to hydrolysis) is 2. The predicted molar refractivity (Wildman–Crippen MR) is 106 cm³/mol. The van der Waals surface area contributed by atoms with E-state index in [4.69, 9.17) is 15.2 Å². The van der Waals surface area contributed by atoms with Crippen molar-refractivity contribution in [2.24, 2.45) is 10.7 Å². The third-order valence-electron chi connectivity index (χ3n) is 3.37. The largest absolute Gasteiger partial charge is 0.480 e. The van der Waals surface area contributed by atoms with Gasteiger partial charge >= 0.3 is 18.2 Å². The number of guanidine groups is 1. The molecule has 0 aliphatic heterocycles. The van der Waals surface area contributed by atoms with Crippen molar-refractivity contribution in [1.29, 1.82) is 0 Å². The van der Waals surface area contributed by atoms with Crippen molar-refractivity contribution in [2.45, 2.75) is 51.9 Å². The molecule has 0 aliphatic rings. The molecule has 0 unspecified atom stereocenters. The number of nitrogens with one attached hydrogen (secondary N) is 2. The van der Waals surface area contributed by atoms with Crippen LogP contribution in [-0.2, 0) is 20.9 Å². The molecule has 0 aliphatic carbocycles. The Morgan fingerprint density at radius 3 is 2.41 bits per heavy atom. The zero-order valence-corrected chi connectivity index (χ0v) is 16.8. The fraction of sp³-hybridized carbons (Fsp3) is 0.474. The number of nitrogens with zero attached hydrogens (tertiary/aromatic N) is 1.